The molecule has 21 heavy (non-hydrogen) atoms. The number of nitrogens with zero attached hydrogens (tertiary/aromatic N) is 1. The molecular weight excluding hydrogens is 271 g/mol. The lowest BCUT2D eigenvalue weighted by Gasteiger charge is -2.35. The zero-order valence-electron chi connectivity index (χ0n) is 12.5. The molecule has 2 unspecified atom stereocenters. The summed E-state index contributed by atoms with van der Waals surface area (Å²) in [5, 5.41) is 3.30. The van der Waals surface area contributed by atoms with E-state index in [1.165, 1.54) is 0 Å². The summed E-state index contributed by atoms with van der Waals surface area (Å²) >= 11 is 0. The molecule has 0 aromatic heterocycles. The summed E-state index contributed by atoms with van der Waals surface area (Å²) in [6, 6.07) is 5.32. The summed E-state index contributed by atoms with van der Waals surface area (Å²) < 4.78 is 25.2. The van der Waals surface area contributed by atoms with E-state index in [0.29, 0.717) is 13.2 Å². The zero-order valence-corrected chi connectivity index (χ0v) is 12.5. The number of hydrogen-bond acceptors (Lipinski definition) is 4. The highest BCUT2D eigenvalue weighted by Crippen LogP contribution is 2.32. The van der Waals surface area contributed by atoms with E-state index in [-0.39, 0.29) is 18.0 Å². The predicted molar refractivity (Wildman–Crippen MR) is 80.1 cm³/mol. The number of halogens is 1. The maximum atomic E-state index is 14.3. The van der Waals surface area contributed by atoms with E-state index in [1.807, 2.05) is 6.07 Å². The van der Waals surface area contributed by atoms with Gasteiger partial charge in [0.05, 0.1) is 24.5 Å². The zero-order chi connectivity index (χ0) is 14.7. The Bertz CT molecular complexity index is 471. The maximum Gasteiger partial charge on any atom is 0.146 e. The van der Waals surface area contributed by atoms with Crippen molar-refractivity contribution in [3.8, 4) is 0 Å². The second-order valence-electron chi connectivity index (χ2n) is 5.78. The molecule has 2 saturated heterocycles. The van der Waals surface area contributed by atoms with Crippen LogP contribution in [0.25, 0.3) is 0 Å². The highest BCUT2D eigenvalue weighted by atomic mass is 19.1. The smallest absolute Gasteiger partial charge is 0.146 e. The van der Waals surface area contributed by atoms with Gasteiger partial charge in [-0.3, -0.25) is 0 Å². The van der Waals surface area contributed by atoms with Gasteiger partial charge >= 0.3 is 0 Å². The fraction of sp³-hybridized carbons (Fsp3) is 0.625. The maximum absolute atomic E-state index is 14.3. The molecule has 2 bridgehead atoms. The average Bonchev–Trinajstić information content (AvgIpc) is 2.82. The molecular formula is C16H23FN2O2. The minimum absolute atomic E-state index is 0.137. The number of hydrogen-bond donors (Lipinski definition) is 1. The molecule has 0 saturated carbocycles. The number of methoxy groups -OCH3 is 1. The van der Waals surface area contributed by atoms with E-state index in [2.05, 4.69) is 10.2 Å². The predicted octanol–water partition coefficient (Wildman–Crippen LogP) is 1.93. The first kappa shape index (κ1) is 14.8. The van der Waals surface area contributed by atoms with Gasteiger partial charge in [-0.05, 0) is 24.5 Å². The van der Waals surface area contributed by atoms with Crippen molar-refractivity contribution in [1.82, 2.24) is 5.32 Å². The van der Waals surface area contributed by atoms with Gasteiger partial charge < -0.3 is 19.7 Å². The first-order chi connectivity index (χ1) is 10.3. The van der Waals surface area contributed by atoms with Crippen molar-refractivity contribution >= 4 is 5.69 Å². The molecule has 2 heterocycles. The van der Waals surface area contributed by atoms with E-state index >= 15 is 0 Å². The van der Waals surface area contributed by atoms with Gasteiger partial charge in [-0.25, -0.2) is 4.39 Å². The van der Waals surface area contributed by atoms with Crippen molar-refractivity contribution < 1.29 is 13.9 Å². The molecule has 2 aliphatic heterocycles. The summed E-state index contributed by atoms with van der Waals surface area (Å²) in [6.07, 6.45) is 2.71. The Morgan fingerprint density at radius 1 is 1.33 bits per heavy atom. The molecule has 1 aromatic carbocycles. The SMILES string of the molecule is COCCNCc1cccc(F)c1N1CC2CCC(C1)O2. The first-order valence-corrected chi connectivity index (χ1v) is 7.65. The Morgan fingerprint density at radius 3 is 2.81 bits per heavy atom. The molecule has 0 spiro atoms. The Hall–Kier alpha value is -1.17. The number of benzene rings is 1. The Balaban J connectivity index is 1.73. The monoisotopic (exact) mass is 294 g/mol. The molecule has 4 nitrogen and oxygen atoms in total. The molecule has 2 fully saturated rings. The average molecular weight is 294 g/mol. The van der Waals surface area contributed by atoms with Gasteiger partial charge in [-0.1, -0.05) is 12.1 Å². The molecule has 0 amide bonds. The van der Waals surface area contributed by atoms with E-state index < -0.39 is 0 Å². The van der Waals surface area contributed by atoms with E-state index in [1.54, 1.807) is 19.2 Å². The number of nitrogens with one attached hydrogen (secondary N) is 1. The van der Waals surface area contributed by atoms with Crippen LogP contribution in [-0.2, 0) is 16.0 Å². The normalized spacial score (nSPS) is 24.6. The van der Waals surface area contributed by atoms with Crippen molar-refractivity contribution in [2.45, 2.75) is 31.6 Å². The van der Waals surface area contributed by atoms with Gasteiger partial charge in [0.2, 0.25) is 0 Å². The van der Waals surface area contributed by atoms with Gasteiger partial charge in [0.15, 0.2) is 0 Å². The van der Waals surface area contributed by atoms with Crippen molar-refractivity contribution in [1.29, 1.82) is 0 Å². The molecule has 1 aromatic rings. The van der Waals surface area contributed by atoms with Gasteiger partial charge in [0.1, 0.15) is 5.82 Å². The van der Waals surface area contributed by atoms with Crippen LogP contribution in [-0.4, -0.2) is 45.6 Å². The lowest BCUT2D eigenvalue weighted by atomic mass is 10.1. The van der Waals surface area contributed by atoms with Gasteiger partial charge in [-0.2, -0.15) is 0 Å². The minimum atomic E-state index is -0.137. The fourth-order valence-electron chi connectivity index (χ4n) is 3.25. The van der Waals surface area contributed by atoms with Gasteiger partial charge in [0, 0.05) is 33.3 Å². The van der Waals surface area contributed by atoms with E-state index in [4.69, 9.17) is 9.47 Å². The summed E-state index contributed by atoms with van der Waals surface area (Å²) in [5.74, 6) is -0.137. The van der Waals surface area contributed by atoms with Crippen molar-refractivity contribution in [3.05, 3.63) is 29.6 Å². The first-order valence-electron chi connectivity index (χ1n) is 7.65. The summed E-state index contributed by atoms with van der Waals surface area (Å²) in [4.78, 5) is 2.16. The standard InChI is InChI=1S/C16H23FN2O2/c1-20-8-7-18-9-12-3-2-4-15(17)16(12)19-10-13-5-6-14(11-19)21-13/h2-4,13-14,18H,5-11H2,1H3. The summed E-state index contributed by atoms with van der Waals surface area (Å²) in [5.41, 5.74) is 1.75. The third-order valence-electron chi connectivity index (χ3n) is 4.23. The van der Waals surface area contributed by atoms with Crippen molar-refractivity contribution in [3.63, 3.8) is 0 Å². The topological polar surface area (TPSA) is 33.7 Å². The number of rotatable bonds is 6. The summed E-state index contributed by atoms with van der Waals surface area (Å²) in [6.45, 7) is 3.67. The minimum Gasteiger partial charge on any atom is -0.383 e. The lowest BCUT2D eigenvalue weighted by molar-refractivity contribution is 0.0302. The third-order valence-corrected chi connectivity index (χ3v) is 4.23. The van der Waals surface area contributed by atoms with Crippen molar-refractivity contribution in [2.75, 3.05) is 38.3 Å². The fourth-order valence-corrected chi connectivity index (χ4v) is 3.25. The number of ether oxygens (including phenoxy) is 2. The molecule has 2 atom stereocenters. The highest BCUT2D eigenvalue weighted by molar-refractivity contribution is 5.55. The Kier molecular flexibility index (Phi) is 4.73. The number of fused-ring (bicyclic) bond motifs is 2. The van der Waals surface area contributed by atoms with Crippen LogP contribution in [0.2, 0.25) is 0 Å². The molecule has 0 radical (unpaired) electrons. The highest BCUT2D eigenvalue weighted by Gasteiger charge is 2.35. The third kappa shape index (κ3) is 3.36. The van der Waals surface area contributed by atoms with Crippen LogP contribution in [0.3, 0.4) is 0 Å². The van der Waals surface area contributed by atoms with E-state index in [9.17, 15) is 4.39 Å². The van der Waals surface area contributed by atoms with Crippen LogP contribution >= 0.6 is 0 Å². The van der Waals surface area contributed by atoms with Gasteiger partial charge in [0.25, 0.3) is 0 Å². The molecule has 3 rings (SSSR count). The molecule has 5 heteroatoms. The van der Waals surface area contributed by atoms with Crippen LogP contribution in [0.15, 0.2) is 18.2 Å². The second-order valence-corrected chi connectivity index (χ2v) is 5.78. The Labute approximate surface area is 125 Å². The molecule has 116 valence electrons. The van der Waals surface area contributed by atoms with Crippen LogP contribution in [0.5, 0.6) is 0 Å². The Morgan fingerprint density at radius 2 is 2.10 bits per heavy atom. The van der Waals surface area contributed by atoms with E-state index in [0.717, 1.165) is 43.7 Å². The molecule has 0 aliphatic carbocycles. The summed E-state index contributed by atoms with van der Waals surface area (Å²) in [7, 11) is 1.68. The number of anilines is 1. The lowest BCUT2D eigenvalue weighted by Crippen LogP contribution is -2.43. The quantitative estimate of drug-likeness (QED) is 0.813. The largest absolute Gasteiger partial charge is 0.383 e. The second kappa shape index (κ2) is 6.73. The molecule has 1 N–H and O–H groups in total. The van der Waals surface area contributed by atoms with Gasteiger partial charge in [-0.15, -0.1) is 0 Å². The van der Waals surface area contributed by atoms with Crippen molar-refractivity contribution in [2.24, 2.45) is 0 Å². The number of morpholine rings is 1. The molecule has 2 aliphatic rings. The van der Waals surface area contributed by atoms with Crippen LogP contribution in [0.1, 0.15) is 18.4 Å². The number of para-hydroxylation sites is 1. The van der Waals surface area contributed by atoms with Crippen LogP contribution < -0.4 is 10.2 Å². The van der Waals surface area contributed by atoms with Crippen LogP contribution in [0, 0.1) is 5.82 Å². The van der Waals surface area contributed by atoms with Crippen LogP contribution in [0.4, 0.5) is 10.1 Å².